The summed E-state index contributed by atoms with van der Waals surface area (Å²) in [6.45, 7) is -0.346. The van der Waals surface area contributed by atoms with Crippen LogP contribution in [0, 0.1) is 5.82 Å². The van der Waals surface area contributed by atoms with E-state index in [9.17, 15) is 18.8 Å². The first-order valence-corrected chi connectivity index (χ1v) is 5.17. The lowest BCUT2D eigenvalue weighted by Crippen LogP contribution is -2.33. The third-order valence-electron chi connectivity index (χ3n) is 2.09. The maximum atomic E-state index is 13.5. The zero-order valence-corrected chi connectivity index (χ0v) is 9.72. The number of carbonyl (C=O) groups excluding carboxylic acids is 2. The van der Waals surface area contributed by atoms with E-state index in [2.05, 4.69) is 5.32 Å². The topological polar surface area (TPSA) is 109 Å². The Bertz CT molecular complexity index is 555. The number of halogens is 1. The van der Waals surface area contributed by atoms with E-state index < -0.39 is 23.6 Å². The minimum absolute atomic E-state index is 0.00576. The second kappa shape index (κ2) is 6.29. The normalized spacial score (nSPS) is 10.4. The Kier molecular flexibility index (Phi) is 4.76. The highest BCUT2D eigenvalue weighted by Crippen LogP contribution is 2.12. The number of carboxylic acids is 1. The van der Waals surface area contributed by atoms with Gasteiger partial charge in [-0.1, -0.05) is 6.07 Å². The Morgan fingerprint density at radius 3 is 2.58 bits per heavy atom. The molecule has 1 aromatic carbocycles. The van der Waals surface area contributed by atoms with Crippen molar-refractivity contribution in [3.8, 4) is 0 Å². The molecule has 0 aromatic heterocycles. The number of benzene rings is 1. The number of carbonyl (C=O) groups is 3. The number of primary amides is 1. The fourth-order valence-corrected chi connectivity index (χ4v) is 1.23. The van der Waals surface area contributed by atoms with Crippen LogP contribution in [0.5, 0.6) is 0 Å². The van der Waals surface area contributed by atoms with Gasteiger partial charge in [0.2, 0.25) is 5.91 Å². The number of hydrogen-bond acceptors (Lipinski definition) is 3. The number of rotatable bonds is 5. The quantitative estimate of drug-likeness (QED) is 0.658. The summed E-state index contributed by atoms with van der Waals surface area (Å²) in [5.74, 6) is -3.31. The molecule has 0 atom stereocenters. The number of nitrogens with two attached hydrogens (primary N) is 1. The molecule has 4 N–H and O–H groups in total. The van der Waals surface area contributed by atoms with Crippen LogP contribution in [-0.4, -0.2) is 29.4 Å². The van der Waals surface area contributed by atoms with Crippen molar-refractivity contribution >= 4 is 23.9 Å². The third-order valence-corrected chi connectivity index (χ3v) is 2.09. The second-order valence-corrected chi connectivity index (χ2v) is 3.56. The summed E-state index contributed by atoms with van der Waals surface area (Å²) >= 11 is 0. The molecule has 19 heavy (non-hydrogen) atoms. The third kappa shape index (κ3) is 4.58. The summed E-state index contributed by atoms with van der Waals surface area (Å²) in [4.78, 5) is 32.2. The predicted molar refractivity (Wildman–Crippen MR) is 64.6 cm³/mol. The van der Waals surface area contributed by atoms with Gasteiger partial charge in [-0.2, -0.15) is 0 Å². The fourth-order valence-electron chi connectivity index (χ4n) is 1.23. The van der Waals surface area contributed by atoms with Crippen LogP contribution < -0.4 is 11.1 Å². The maximum absolute atomic E-state index is 13.5. The summed E-state index contributed by atoms with van der Waals surface area (Å²) in [6, 6.07) is 3.51. The van der Waals surface area contributed by atoms with Crippen molar-refractivity contribution in [1.82, 2.24) is 5.32 Å². The van der Waals surface area contributed by atoms with Gasteiger partial charge in [-0.05, 0) is 18.2 Å². The van der Waals surface area contributed by atoms with Crippen LogP contribution in [0.4, 0.5) is 4.39 Å². The lowest BCUT2D eigenvalue weighted by Gasteiger charge is -2.04. The first-order chi connectivity index (χ1) is 8.90. The van der Waals surface area contributed by atoms with E-state index >= 15 is 0 Å². The SMILES string of the molecule is NC(=O)CNC(=O)c1ccc(C=CC(=O)O)c(F)c1. The molecule has 0 saturated carbocycles. The lowest BCUT2D eigenvalue weighted by atomic mass is 10.1. The number of nitrogens with one attached hydrogen (secondary N) is 1. The van der Waals surface area contributed by atoms with Crippen LogP contribution in [0.2, 0.25) is 0 Å². The molecule has 0 heterocycles. The number of aliphatic carboxylic acids is 1. The maximum Gasteiger partial charge on any atom is 0.328 e. The standard InChI is InChI=1S/C12H11FN2O4/c13-9-5-8(12(19)15-6-10(14)16)2-1-7(9)3-4-11(17)18/h1-5H,6H2,(H2,14,16)(H,15,19)(H,17,18). The molecular weight excluding hydrogens is 255 g/mol. The zero-order valence-electron chi connectivity index (χ0n) is 9.72. The molecule has 7 heteroatoms. The van der Waals surface area contributed by atoms with Gasteiger partial charge in [0, 0.05) is 17.2 Å². The summed E-state index contributed by atoms with van der Waals surface area (Å²) in [5, 5.41) is 10.6. The highest BCUT2D eigenvalue weighted by molar-refractivity contribution is 5.96. The largest absolute Gasteiger partial charge is 0.478 e. The van der Waals surface area contributed by atoms with Gasteiger partial charge in [0.15, 0.2) is 0 Å². The number of hydrogen-bond donors (Lipinski definition) is 3. The van der Waals surface area contributed by atoms with Crippen LogP contribution in [0.3, 0.4) is 0 Å². The minimum atomic E-state index is -1.21. The van der Waals surface area contributed by atoms with Gasteiger partial charge >= 0.3 is 5.97 Å². The average molecular weight is 266 g/mol. The van der Waals surface area contributed by atoms with Gasteiger partial charge in [-0.15, -0.1) is 0 Å². The molecule has 0 aliphatic rings. The number of amides is 2. The van der Waals surface area contributed by atoms with Crippen molar-refractivity contribution in [3.63, 3.8) is 0 Å². The highest BCUT2D eigenvalue weighted by Gasteiger charge is 2.09. The fraction of sp³-hybridized carbons (Fsp3) is 0.0833. The Morgan fingerprint density at radius 1 is 1.37 bits per heavy atom. The van der Waals surface area contributed by atoms with Crippen LogP contribution in [0.15, 0.2) is 24.3 Å². The van der Waals surface area contributed by atoms with Gasteiger partial charge in [0.25, 0.3) is 5.91 Å². The van der Waals surface area contributed by atoms with Crippen molar-refractivity contribution in [3.05, 3.63) is 41.2 Å². The summed E-state index contributed by atoms with van der Waals surface area (Å²) in [5.41, 5.74) is 4.89. The van der Waals surface area contributed by atoms with Crippen molar-refractivity contribution in [2.75, 3.05) is 6.54 Å². The smallest absolute Gasteiger partial charge is 0.328 e. The predicted octanol–water partition coefficient (Wildman–Crippen LogP) is 0.139. The molecule has 0 radical (unpaired) electrons. The van der Waals surface area contributed by atoms with E-state index in [0.29, 0.717) is 0 Å². The van der Waals surface area contributed by atoms with Gasteiger partial charge in [0.05, 0.1) is 6.54 Å². The van der Waals surface area contributed by atoms with Crippen LogP contribution in [-0.2, 0) is 9.59 Å². The molecule has 1 aromatic rings. The van der Waals surface area contributed by atoms with Gasteiger partial charge in [0.1, 0.15) is 5.82 Å². The molecule has 6 nitrogen and oxygen atoms in total. The lowest BCUT2D eigenvalue weighted by molar-refractivity contribution is -0.131. The zero-order chi connectivity index (χ0) is 14.4. The van der Waals surface area contributed by atoms with E-state index in [1.807, 2.05) is 0 Å². The first kappa shape index (κ1) is 14.4. The van der Waals surface area contributed by atoms with Crippen molar-refractivity contribution in [1.29, 1.82) is 0 Å². The number of carboxylic acid groups (broad SMARTS) is 1. The molecule has 2 amide bonds. The molecule has 0 aliphatic heterocycles. The van der Waals surface area contributed by atoms with E-state index in [1.165, 1.54) is 12.1 Å². The highest BCUT2D eigenvalue weighted by atomic mass is 19.1. The Morgan fingerprint density at radius 2 is 2.05 bits per heavy atom. The van der Waals surface area contributed by atoms with E-state index in [0.717, 1.165) is 18.2 Å². The van der Waals surface area contributed by atoms with Crippen molar-refractivity contribution in [2.24, 2.45) is 5.73 Å². The summed E-state index contributed by atoms with van der Waals surface area (Å²) in [7, 11) is 0. The van der Waals surface area contributed by atoms with Crippen LogP contribution >= 0.6 is 0 Å². The monoisotopic (exact) mass is 266 g/mol. The van der Waals surface area contributed by atoms with E-state index in [-0.39, 0.29) is 17.7 Å². The summed E-state index contributed by atoms with van der Waals surface area (Å²) in [6.07, 6.45) is 1.86. The molecule has 0 saturated heterocycles. The summed E-state index contributed by atoms with van der Waals surface area (Å²) < 4.78 is 13.5. The average Bonchev–Trinajstić information content (AvgIpc) is 2.34. The first-order valence-electron chi connectivity index (χ1n) is 5.17. The van der Waals surface area contributed by atoms with Gasteiger partial charge in [-0.3, -0.25) is 9.59 Å². The molecule has 0 fully saturated rings. The van der Waals surface area contributed by atoms with Gasteiger partial charge < -0.3 is 16.2 Å². The molecule has 0 spiro atoms. The van der Waals surface area contributed by atoms with E-state index in [4.69, 9.17) is 10.8 Å². The molecular formula is C12H11FN2O4. The van der Waals surface area contributed by atoms with Crippen molar-refractivity contribution < 1.29 is 23.9 Å². The molecule has 1 rings (SSSR count). The van der Waals surface area contributed by atoms with Crippen LogP contribution in [0.25, 0.3) is 6.08 Å². The molecule has 100 valence electrons. The Balaban J connectivity index is 2.84. The molecule has 0 bridgehead atoms. The minimum Gasteiger partial charge on any atom is -0.478 e. The van der Waals surface area contributed by atoms with Crippen LogP contribution in [0.1, 0.15) is 15.9 Å². The second-order valence-electron chi connectivity index (χ2n) is 3.56. The van der Waals surface area contributed by atoms with Gasteiger partial charge in [-0.25, -0.2) is 9.18 Å². The van der Waals surface area contributed by atoms with Crippen molar-refractivity contribution in [2.45, 2.75) is 0 Å². The van der Waals surface area contributed by atoms with E-state index in [1.54, 1.807) is 0 Å². The Labute approximate surface area is 107 Å². The Hall–Kier alpha value is -2.70. The molecule has 0 aliphatic carbocycles. The molecule has 0 unspecified atom stereocenters.